The number of ether oxygens (including phenoxy) is 4. The molecular formula is C58H58N2O7. The van der Waals surface area contributed by atoms with Gasteiger partial charge in [-0.1, -0.05) is 212 Å². The van der Waals surface area contributed by atoms with Crippen molar-refractivity contribution in [1.29, 1.82) is 0 Å². The van der Waals surface area contributed by atoms with E-state index in [1.807, 2.05) is 144 Å². The van der Waals surface area contributed by atoms with Gasteiger partial charge >= 0.3 is 0 Å². The number of nitrogens with zero attached hydrogens (tertiary/aromatic N) is 2. The lowest BCUT2D eigenvalue weighted by Crippen LogP contribution is -2.63. The first kappa shape index (κ1) is 47.0. The maximum Gasteiger partial charge on any atom is 0.254 e. The van der Waals surface area contributed by atoms with Gasteiger partial charge in [-0.25, -0.2) is 0 Å². The molecule has 1 amide bonds. The van der Waals surface area contributed by atoms with Crippen molar-refractivity contribution >= 4 is 12.2 Å². The third-order valence-electron chi connectivity index (χ3n) is 12.5. The molecule has 8 rings (SSSR count). The predicted molar refractivity (Wildman–Crippen MR) is 260 cm³/mol. The molecule has 9 nitrogen and oxygen atoms in total. The van der Waals surface area contributed by atoms with Gasteiger partial charge < -0.3 is 29.0 Å². The number of aldehydes is 1. The van der Waals surface area contributed by atoms with E-state index in [-0.39, 0.29) is 32.3 Å². The van der Waals surface area contributed by atoms with Gasteiger partial charge in [0.25, 0.3) is 5.91 Å². The Morgan fingerprint density at radius 2 is 0.851 bits per heavy atom. The summed E-state index contributed by atoms with van der Waals surface area (Å²) in [6, 6.07) is 69.8. The molecule has 9 heteroatoms. The normalized spacial score (nSPS) is 15.5. The van der Waals surface area contributed by atoms with Crippen molar-refractivity contribution in [3.63, 3.8) is 0 Å². The topological polar surface area (TPSA) is 97.8 Å². The van der Waals surface area contributed by atoms with Crippen LogP contribution in [0.2, 0.25) is 0 Å². The van der Waals surface area contributed by atoms with Gasteiger partial charge in [-0.3, -0.25) is 14.5 Å². The fourth-order valence-corrected chi connectivity index (χ4v) is 9.07. The average Bonchev–Trinajstić information content (AvgIpc) is 3.40. The van der Waals surface area contributed by atoms with Gasteiger partial charge in [0.05, 0.1) is 38.6 Å². The minimum Gasteiger partial charge on any atom is -0.377 e. The Morgan fingerprint density at radius 3 is 1.25 bits per heavy atom. The molecule has 0 radical (unpaired) electrons. The second-order valence-electron chi connectivity index (χ2n) is 16.9. The number of carbonyl (C=O) groups is 2. The molecule has 7 aromatic carbocycles. The van der Waals surface area contributed by atoms with Crippen molar-refractivity contribution in [2.75, 3.05) is 32.8 Å². The first-order valence-corrected chi connectivity index (χ1v) is 23.0. The molecular weight excluding hydrogens is 837 g/mol. The van der Waals surface area contributed by atoms with Gasteiger partial charge in [-0.05, 0) is 38.9 Å². The number of hydrogen-bond acceptors (Lipinski definition) is 8. The molecule has 1 fully saturated rings. The summed E-state index contributed by atoms with van der Waals surface area (Å²) in [6.07, 6.45) is -3.62. The molecule has 0 aliphatic carbocycles. The second-order valence-corrected chi connectivity index (χ2v) is 16.9. The summed E-state index contributed by atoms with van der Waals surface area (Å²) in [5.74, 6) is -0.342. The fraction of sp³-hybridized carbons (Fsp3) is 0.241. The van der Waals surface area contributed by atoms with Crippen molar-refractivity contribution < 1.29 is 33.6 Å². The van der Waals surface area contributed by atoms with Crippen molar-refractivity contribution in [2.24, 2.45) is 0 Å². The molecule has 4 atom stereocenters. The van der Waals surface area contributed by atoms with Crippen LogP contribution >= 0.6 is 0 Å². The van der Waals surface area contributed by atoms with Gasteiger partial charge in [-0.15, -0.1) is 0 Å². The number of rotatable bonds is 22. The Bertz CT molecular complexity index is 2430. The summed E-state index contributed by atoms with van der Waals surface area (Å²) in [5.41, 5.74) is 3.73. The molecule has 0 aromatic heterocycles. The van der Waals surface area contributed by atoms with Crippen LogP contribution in [-0.2, 0) is 60.5 Å². The van der Waals surface area contributed by atoms with Crippen LogP contribution in [0.15, 0.2) is 212 Å². The van der Waals surface area contributed by atoms with Crippen LogP contribution in [0.3, 0.4) is 0 Å². The molecule has 0 spiro atoms. The van der Waals surface area contributed by atoms with E-state index in [1.165, 1.54) is 0 Å². The third-order valence-corrected chi connectivity index (χ3v) is 12.5. The largest absolute Gasteiger partial charge is 0.377 e. The van der Waals surface area contributed by atoms with Crippen LogP contribution in [-0.4, -0.2) is 83.8 Å². The molecule has 1 N–H and O–H groups in total. The minimum absolute atomic E-state index is 0.00432. The zero-order chi connectivity index (χ0) is 46.2. The quantitative estimate of drug-likeness (QED) is 0.0533. The van der Waals surface area contributed by atoms with Gasteiger partial charge in [0.2, 0.25) is 0 Å². The Balaban J connectivity index is 1.16. The lowest BCUT2D eigenvalue weighted by atomic mass is 9.75. The number of aliphatic hydroxyl groups is 1. The highest BCUT2D eigenvalue weighted by Crippen LogP contribution is 2.43. The molecule has 0 bridgehead atoms. The molecule has 1 heterocycles. The smallest absolute Gasteiger partial charge is 0.254 e. The fourth-order valence-electron chi connectivity index (χ4n) is 9.07. The summed E-state index contributed by atoms with van der Waals surface area (Å²) < 4.78 is 26.4. The van der Waals surface area contributed by atoms with E-state index >= 15 is 4.79 Å². The van der Waals surface area contributed by atoms with Crippen LogP contribution in [0.5, 0.6) is 0 Å². The van der Waals surface area contributed by atoms with E-state index in [9.17, 15) is 9.90 Å². The Morgan fingerprint density at radius 1 is 0.493 bits per heavy atom. The molecule has 1 saturated heterocycles. The molecule has 1 aliphatic heterocycles. The van der Waals surface area contributed by atoms with Crippen LogP contribution in [0.25, 0.3) is 0 Å². The Hall–Kier alpha value is -6.56. The van der Waals surface area contributed by atoms with E-state index in [2.05, 4.69) is 77.7 Å². The molecule has 1 aliphatic rings. The van der Waals surface area contributed by atoms with E-state index in [0.29, 0.717) is 32.5 Å². The first-order valence-electron chi connectivity index (χ1n) is 23.0. The predicted octanol–water partition coefficient (Wildman–Crippen LogP) is 9.03. The summed E-state index contributed by atoms with van der Waals surface area (Å²) in [7, 11) is 0. The SMILES string of the molecule is O=CC(O)(COCc1ccccc1)C(OCc1ccccc1)C(OCc1ccccc1)C(OCc1ccccc1)C(=O)N1CCN(C(c2ccccc2)(c2ccccc2)c2ccccc2)CC1. The Labute approximate surface area is 394 Å². The molecule has 0 saturated carbocycles. The lowest BCUT2D eigenvalue weighted by Gasteiger charge is -2.49. The number of hydrogen-bond donors (Lipinski definition) is 1. The lowest BCUT2D eigenvalue weighted by molar-refractivity contribution is -0.218. The highest BCUT2D eigenvalue weighted by Gasteiger charge is 2.51. The third kappa shape index (κ3) is 11.5. The maximum atomic E-state index is 15.6. The zero-order valence-corrected chi connectivity index (χ0v) is 37.7. The highest BCUT2D eigenvalue weighted by atomic mass is 16.6. The van der Waals surface area contributed by atoms with Crippen LogP contribution in [0.1, 0.15) is 38.9 Å². The number of piperazine rings is 1. The highest BCUT2D eigenvalue weighted by molar-refractivity contribution is 5.82. The van der Waals surface area contributed by atoms with Gasteiger partial charge in [0.15, 0.2) is 18.0 Å². The summed E-state index contributed by atoms with van der Waals surface area (Å²) >= 11 is 0. The van der Waals surface area contributed by atoms with E-state index in [1.54, 1.807) is 0 Å². The number of amides is 1. The Kier molecular flexibility index (Phi) is 16.3. The van der Waals surface area contributed by atoms with Crippen LogP contribution in [0, 0.1) is 0 Å². The maximum absolute atomic E-state index is 15.6. The second kappa shape index (κ2) is 23.3. The monoisotopic (exact) mass is 894 g/mol. The van der Waals surface area contributed by atoms with Crippen LogP contribution < -0.4 is 0 Å². The van der Waals surface area contributed by atoms with E-state index < -0.39 is 36.1 Å². The molecule has 4 unspecified atom stereocenters. The standard InChI is InChI=1S/C58H58N2O7/c61-44-57(63,45-64-40-46-22-8-1-9-23-46)55(67-43-49-28-14-4-15-29-49)53(65-41-47-24-10-2-11-25-47)54(66-42-48-26-12-3-13-27-48)56(62)59-36-38-60(39-37-59)58(50-30-16-5-17-31-50,51-32-18-6-19-33-51)52-34-20-7-21-35-52/h1-35,44,53-55,63H,36-43,45H2. The van der Waals surface area contributed by atoms with Gasteiger partial charge in [0.1, 0.15) is 12.2 Å². The van der Waals surface area contributed by atoms with E-state index in [4.69, 9.17) is 18.9 Å². The van der Waals surface area contributed by atoms with Gasteiger partial charge in [-0.2, -0.15) is 0 Å². The summed E-state index contributed by atoms with van der Waals surface area (Å²) in [4.78, 5) is 33.3. The minimum atomic E-state index is -2.28. The number of benzene rings is 7. The summed E-state index contributed by atoms with van der Waals surface area (Å²) in [5, 5.41) is 12.6. The average molecular weight is 895 g/mol. The number of carbonyl (C=O) groups excluding carboxylic acids is 2. The van der Waals surface area contributed by atoms with Crippen molar-refractivity contribution in [1.82, 2.24) is 9.80 Å². The zero-order valence-electron chi connectivity index (χ0n) is 37.7. The van der Waals surface area contributed by atoms with Crippen LogP contribution in [0.4, 0.5) is 0 Å². The van der Waals surface area contributed by atoms with Crippen molar-refractivity contribution in [3.8, 4) is 0 Å². The molecule has 67 heavy (non-hydrogen) atoms. The first-order chi connectivity index (χ1) is 33.0. The molecule has 342 valence electrons. The van der Waals surface area contributed by atoms with E-state index in [0.717, 1.165) is 38.9 Å². The molecule has 7 aromatic rings. The van der Waals surface area contributed by atoms with Gasteiger partial charge in [0, 0.05) is 26.2 Å². The van der Waals surface area contributed by atoms with Crippen molar-refractivity contribution in [3.05, 3.63) is 251 Å². The van der Waals surface area contributed by atoms with Crippen molar-refractivity contribution in [2.45, 2.75) is 55.9 Å². The summed E-state index contributed by atoms with van der Waals surface area (Å²) in [6.45, 7) is 1.54.